The molecule has 2 amide bonds. The number of hydrogen-bond donors (Lipinski definition) is 2. The lowest BCUT2D eigenvalue weighted by atomic mass is 10.7. The number of nitrogens with zero attached hydrogens (tertiary/aromatic N) is 3. The maximum absolute atomic E-state index is 10.1. The van der Waals surface area contributed by atoms with E-state index < -0.39 is 0 Å². The van der Waals surface area contributed by atoms with E-state index in [0.29, 0.717) is 5.75 Å². The van der Waals surface area contributed by atoms with Crippen molar-refractivity contribution in [3.8, 4) is 0 Å². The van der Waals surface area contributed by atoms with Crippen LogP contribution in [0.1, 0.15) is 0 Å². The number of rotatable bonds is 0. The van der Waals surface area contributed by atoms with E-state index in [9.17, 15) is 9.59 Å². The maximum Gasteiger partial charge on any atom is 0.286 e. The molecule has 1 aromatic heterocycles. The van der Waals surface area contributed by atoms with Crippen molar-refractivity contribution in [3.63, 3.8) is 0 Å². The quantitative estimate of drug-likeness (QED) is 0.549. The van der Waals surface area contributed by atoms with Crippen LogP contribution in [0.15, 0.2) is 6.33 Å². The molecule has 2 rings (SSSR count). The van der Waals surface area contributed by atoms with Crippen LogP contribution in [-0.2, 0) is 4.79 Å². The van der Waals surface area contributed by atoms with Gasteiger partial charge in [-0.1, -0.05) is 11.8 Å². The van der Waals surface area contributed by atoms with Crippen LogP contribution in [0.2, 0.25) is 0 Å². The van der Waals surface area contributed by atoms with Gasteiger partial charge in [0.15, 0.2) is 0 Å². The summed E-state index contributed by atoms with van der Waals surface area (Å²) in [6.45, 7) is 0. The number of imide groups is 1. The predicted molar refractivity (Wildman–Crippen MR) is 40.2 cm³/mol. The zero-order valence-electron chi connectivity index (χ0n) is 5.85. The maximum atomic E-state index is 10.1. The van der Waals surface area contributed by atoms with Crippen LogP contribution in [0.5, 0.6) is 0 Å². The first-order valence-corrected chi connectivity index (χ1v) is 3.91. The molecular formula is C4H5N5O2S. The third-order valence-electron chi connectivity index (χ3n) is 0.845. The van der Waals surface area contributed by atoms with Gasteiger partial charge in [-0.05, 0) is 10.4 Å². The van der Waals surface area contributed by atoms with Gasteiger partial charge in [-0.3, -0.25) is 14.9 Å². The first-order chi connectivity index (χ1) is 5.79. The van der Waals surface area contributed by atoms with Crippen LogP contribution in [0.4, 0.5) is 4.79 Å². The van der Waals surface area contributed by atoms with Crippen LogP contribution >= 0.6 is 11.8 Å². The Morgan fingerprint density at radius 3 is 2.50 bits per heavy atom. The average molecular weight is 187 g/mol. The Labute approximate surface area is 71.3 Å². The number of H-pyrrole nitrogens is 1. The number of aromatic amines is 1. The largest absolute Gasteiger partial charge is 0.286 e. The summed E-state index contributed by atoms with van der Waals surface area (Å²) in [4.78, 5) is 20.2. The molecule has 0 radical (unpaired) electrons. The Balaban J connectivity index is 0.000000127. The highest BCUT2D eigenvalue weighted by molar-refractivity contribution is 8.14. The number of carbonyl (C=O) groups is 2. The lowest BCUT2D eigenvalue weighted by Gasteiger charge is -1.77. The molecule has 12 heavy (non-hydrogen) atoms. The van der Waals surface area contributed by atoms with Crippen molar-refractivity contribution in [2.75, 3.05) is 5.75 Å². The van der Waals surface area contributed by atoms with Gasteiger partial charge in [0.1, 0.15) is 6.33 Å². The summed E-state index contributed by atoms with van der Waals surface area (Å²) in [6.07, 6.45) is 1.40. The van der Waals surface area contributed by atoms with Gasteiger partial charge in [-0.2, -0.15) is 0 Å². The molecule has 0 bridgehead atoms. The number of amides is 2. The second-order valence-electron chi connectivity index (χ2n) is 1.69. The van der Waals surface area contributed by atoms with Crippen molar-refractivity contribution in [1.82, 2.24) is 25.9 Å². The highest BCUT2D eigenvalue weighted by Crippen LogP contribution is 2.06. The van der Waals surface area contributed by atoms with Gasteiger partial charge in [0.25, 0.3) is 5.24 Å². The van der Waals surface area contributed by atoms with E-state index in [-0.39, 0.29) is 11.1 Å². The fourth-order valence-electron chi connectivity index (χ4n) is 0.446. The fraction of sp³-hybridized carbons (Fsp3) is 0.250. The SMILES string of the molecule is O=C1CSC(=O)N1.c1nnn[nH]1. The highest BCUT2D eigenvalue weighted by atomic mass is 32.2. The van der Waals surface area contributed by atoms with E-state index in [2.05, 4.69) is 25.9 Å². The van der Waals surface area contributed by atoms with Gasteiger partial charge in [0.2, 0.25) is 5.91 Å². The van der Waals surface area contributed by atoms with E-state index in [1.807, 2.05) is 0 Å². The Bertz CT molecular complexity index is 229. The fourth-order valence-corrected chi connectivity index (χ4v) is 0.967. The lowest BCUT2D eigenvalue weighted by Crippen LogP contribution is -2.18. The van der Waals surface area contributed by atoms with Gasteiger partial charge in [-0.15, -0.1) is 5.10 Å². The average Bonchev–Trinajstić information content (AvgIpc) is 2.63. The smallest absolute Gasteiger partial charge is 0.286 e. The normalized spacial score (nSPS) is 15.0. The number of aromatic nitrogens is 4. The second-order valence-corrected chi connectivity index (χ2v) is 2.64. The molecule has 2 N–H and O–H groups in total. The minimum Gasteiger partial charge on any atom is -0.286 e. The van der Waals surface area contributed by atoms with Gasteiger partial charge in [-0.25, -0.2) is 5.10 Å². The molecule has 1 aromatic rings. The Hall–Kier alpha value is -1.44. The van der Waals surface area contributed by atoms with Crippen molar-refractivity contribution in [1.29, 1.82) is 0 Å². The van der Waals surface area contributed by atoms with Crippen LogP contribution in [0.25, 0.3) is 0 Å². The van der Waals surface area contributed by atoms with Crippen molar-refractivity contribution in [2.45, 2.75) is 0 Å². The molecule has 1 aliphatic heterocycles. The Morgan fingerprint density at radius 1 is 1.50 bits per heavy atom. The Kier molecular flexibility index (Phi) is 3.20. The molecule has 0 aromatic carbocycles. The standard InChI is InChI=1S/C3H3NO2S.CH2N4/c5-2-1-7-3(6)4-2;1-2-4-5-3-1/h1H2,(H,4,5,6);1H,(H,2,3,4,5). The lowest BCUT2D eigenvalue weighted by molar-refractivity contribution is -0.117. The minimum atomic E-state index is -0.231. The van der Waals surface area contributed by atoms with Crippen LogP contribution in [-0.4, -0.2) is 37.5 Å². The number of nitrogens with one attached hydrogen (secondary N) is 2. The third kappa shape index (κ3) is 3.10. The summed E-state index contributed by atoms with van der Waals surface area (Å²) in [7, 11) is 0. The van der Waals surface area contributed by atoms with E-state index >= 15 is 0 Å². The third-order valence-corrected chi connectivity index (χ3v) is 1.62. The van der Waals surface area contributed by atoms with Gasteiger partial charge >= 0.3 is 0 Å². The predicted octanol–water partition coefficient (Wildman–Crippen LogP) is -0.831. The number of carbonyl (C=O) groups excluding carboxylic acids is 2. The van der Waals surface area contributed by atoms with Crippen molar-refractivity contribution >= 4 is 22.9 Å². The van der Waals surface area contributed by atoms with Gasteiger partial charge < -0.3 is 0 Å². The Morgan fingerprint density at radius 2 is 2.33 bits per heavy atom. The minimum absolute atomic E-state index is 0.185. The second kappa shape index (κ2) is 4.44. The van der Waals surface area contributed by atoms with Crippen LogP contribution in [0, 0.1) is 0 Å². The summed E-state index contributed by atoms with van der Waals surface area (Å²) in [5, 5.41) is 14.0. The molecule has 0 unspecified atom stereocenters. The van der Waals surface area contributed by atoms with Crippen molar-refractivity contribution < 1.29 is 9.59 Å². The molecule has 7 nitrogen and oxygen atoms in total. The monoisotopic (exact) mass is 187 g/mol. The summed E-state index contributed by atoms with van der Waals surface area (Å²) < 4.78 is 0. The molecule has 0 atom stereocenters. The molecule has 2 heterocycles. The number of hydrogen-bond acceptors (Lipinski definition) is 6. The molecule has 64 valence electrons. The van der Waals surface area contributed by atoms with E-state index in [0.717, 1.165) is 11.8 Å². The molecule has 8 heteroatoms. The summed E-state index contributed by atoms with van der Waals surface area (Å²) in [5.74, 6) is 0.105. The summed E-state index contributed by atoms with van der Waals surface area (Å²) in [6, 6.07) is 0. The zero-order chi connectivity index (χ0) is 8.81. The van der Waals surface area contributed by atoms with E-state index in [1.165, 1.54) is 6.33 Å². The molecule has 1 saturated heterocycles. The number of thioether (sulfide) groups is 1. The topological polar surface area (TPSA) is 101 Å². The molecular weight excluding hydrogens is 182 g/mol. The first kappa shape index (κ1) is 8.65. The zero-order valence-corrected chi connectivity index (χ0v) is 6.67. The first-order valence-electron chi connectivity index (χ1n) is 2.93. The van der Waals surface area contributed by atoms with Crippen LogP contribution in [0.3, 0.4) is 0 Å². The molecule has 1 aliphatic rings. The van der Waals surface area contributed by atoms with Gasteiger partial charge in [0.05, 0.1) is 5.75 Å². The molecule has 0 saturated carbocycles. The molecule has 1 fully saturated rings. The number of tetrazole rings is 1. The summed E-state index contributed by atoms with van der Waals surface area (Å²) in [5.41, 5.74) is 0. The van der Waals surface area contributed by atoms with Crippen LogP contribution < -0.4 is 5.32 Å². The highest BCUT2D eigenvalue weighted by Gasteiger charge is 2.16. The van der Waals surface area contributed by atoms with Gasteiger partial charge in [0, 0.05) is 0 Å². The van der Waals surface area contributed by atoms with Crippen molar-refractivity contribution in [2.24, 2.45) is 0 Å². The van der Waals surface area contributed by atoms with E-state index in [4.69, 9.17) is 0 Å². The van der Waals surface area contributed by atoms with Crippen molar-refractivity contribution in [3.05, 3.63) is 6.33 Å². The molecule has 0 spiro atoms. The molecule has 0 aliphatic carbocycles. The van der Waals surface area contributed by atoms with E-state index in [1.54, 1.807) is 0 Å². The summed E-state index contributed by atoms with van der Waals surface area (Å²) >= 11 is 1.01.